The number of alkyl carbamates (subject to hydrolysis) is 1. The van der Waals surface area contributed by atoms with Gasteiger partial charge in [-0.25, -0.2) is 4.79 Å². The first-order chi connectivity index (χ1) is 11.1. The molecule has 5 nitrogen and oxygen atoms in total. The second-order valence-electron chi connectivity index (χ2n) is 6.08. The van der Waals surface area contributed by atoms with Crippen molar-refractivity contribution in [1.82, 2.24) is 5.32 Å². The Balaban J connectivity index is 3.47. The monoisotopic (exact) mass is 329 g/mol. The highest BCUT2D eigenvalue weighted by atomic mass is 16.5. The van der Waals surface area contributed by atoms with Crippen LogP contribution in [-0.2, 0) is 14.3 Å². The average molecular weight is 329 g/mol. The first kappa shape index (κ1) is 21.7. The molecule has 0 fully saturated rings. The molecular formula is C18H35NO4. The van der Waals surface area contributed by atoms with Gasteiger partial charge in [0, 0.05) is 6.04 Å². The molecule has 0 bridgehead atoms. The number of carbonyl (C=O) groups excluding carboxylic acids is 2. The zero-order valence-corrected chi connectivity index (χ0v) is 15.2. The SMILES string of the molecule is CCCCCCCCCCOC(=O)CC(C)NC(=O)OCCC. The molecule has 0 saturated heterocycles. The van der Waals surface area contributed by atoms with E-state index in [9.17, 15) is 9.59 Å². The van der Waals surface area contributed by atoms with E-state index in [4.69, 9.17) is 9.47 Å². The van der Waals surface area contributed by atoms with E-state index in [2.05, 4.69) is 12.2 Å². The highest BCUT2D eigenvalue weighted by Gasteiger charge is 2.13. The Morgan fingerprint density at radius 3 is 2.04 bits per heavy atom. The zero-order chi connectivity index (χ0) is 17.3. The molecule has 0 rings (SSSR count). The minimum Gasteiger partial charge on any atom is -0.466 e. The van der Waals surface area contributed by atoms with Gasteiger partial charge in [0.15, 0.2) is 0 Å². The maximum Gasteiger partial charge on any atom is 0.407 e. The van der Waals surface area contributed by atoms with Gasteiger partial charge in [-0.15, -0.1) is 0 Å². The van der Waals surface area contributed by atoms with Crippen molar-refractivity contribution in [2.24, 2.45) is 0 Å². The number of ether oxygens (including phenoxy) is 2. The molecule has 0 radical (unpaired) electrons. The van der Waals surface area contributed by atoms with E-state index < -0.39 is 6.09 Å². The number of hydrogen-bond donors (Lipinski definition) is 1. The summed E-state index contributed by atoms with van der Waals surface area (Å²) >= 11 is 0. The Morgan fingerprint density at radius 2 is 1.43 bits per heavy atom. The molecule has 136 valence electrons. The summed E-state index contributed by atoms with van der Waals surface area (Å²) in [6.07, 6.45) is 10.2. The third-order valence-corrected chi connectivity index (χ3v) is 3.54. The van der Waals surface area contributed by atoms with Gasteiger partial charge in [-0.2, -0.15) is 0 Å². The normalized spacial score (nSPS) is 11.8. The van der Waals surface area contributed by atoms with Crippen LogP contribution in [0.2, 0.25) is 0 Å². The van der Waals surface area contributed by atoms with E-state index >= 15 is 0 Å². The standard InChI is InChI=1S/C18H35NO4/c1-4-6-7-8-9-10-11-12-14-22-17(20)15-16(3)19-18(21)23-13-5-2/h16H,4-15H2,1-3H3,(H,19,21). The fraction of sp³-hybridized carbons (Fsp3) is 0.889. The lowest BCUT2D eigenvalue weighted by Gasteiger charge is -2.13. The van der Waals surface area contributed by atoms with Gasteiger partial charge in [0.25, 0.3) is 0 Å². The van der Waals surface area contributed by atoms with Crippen molar-refractivity contribution in [3.63, 3.8) is 0 Å². The van der Waals surface area contributed by atoms with Gasteiger partial charge in [-0.05, 0) is 19.8 Å². The van der Waals surface area contributed by atoms with Crippen molar-refractivity contribution in [3.8, 4) is 0 Å². The molecule has 1 amide bonds. The van der Waals surface area contributed by atoms with Crippen LogP contribution in [-0.4, -0.2) is 31.3 Å². The van der Waals surface area contributed by atoms with Crippen LogP contribution in [0.3, 0.4) is 0 Å². The quantitative estimate of drug-likeness (QED) is 0.374. The third-order valence-electron chi connectivity index (χ3n) is 3.54. The van der Waals surface area contributed by atoms with Crippen LogP contribution in [0.25, 0.3) is 0 Å². The Labute approximate surface area is 141 Å². The van der Waals surface area contributed by atoms with E-state index in [0.717, 1.165) is 19.3 Å². The van der Waals surface area contributed by atoms with E-state index in [1.54, 1.807) is 6.92 Å². The number of hydrogen-bond acceptors (Lipinski definition) is 4. The molecule has 1 N–H and O–H groups in total. The van der Waals surface area contributed by atoms with Crippen molar-refractivity contribution in [2.75, 3.05) is 13.2 Å². The van der Waals surface area contributed by atoms with Crippen molar-refractivity contribution in [2.45, 2.75) is 91.0 Å². The summed E-state index contributed by atoms with van der Waals surface area (Å²) in [6.45, 7) is 6.78. The van der Waals surface area contributed by atoms with E-state index in [1.807, 2.05) is 6.92 Å². The van der Waals surface area contributed by atoms with Crippen molar-refractivity contribution in [1.29, 1.82) is 0 Å². The third kappa shape index (κ3) is 15.4. The average Bonchev–Trinajstić information content (AvgIpc) is 2.51. The van der Waals surface area contributed by atoms with Crippen LogP contribution in [0.5, 0.6) is 0 Å². The summed E-state index contributed by atoms with van der Waals surface area (Å²) in [7, 11) is 0. The van der Waals surface area contributed by atoms with E-state index in [1.165, 1.54) is 38.5 Å². The van der Waals surface area contributed by atoms with Gasteiger partial charge in [0.2, 0.25) is 0 Å². The highest BCUT2D eigenvalue weighted by molar-refractivity contribution is 5.72. The molecule has 23 heavy (non-hydrogen) atoms. The molecule has 0 spiro atoms. The second-order valence-corrected chi connectivity index (χ2v) is 6.08. The minimum atomic E-state index is -0.477. The lowest BCUT2D eigenvalue weighted by molar-refractivity contribution is -0.144. The molecule has 0 aliphatic heterocycles. The van der Waals surface area contributed by atoms with Gasteiger partial charge < -0.3 is 14.8 Å². The van der Waals surface area contributed by atoms with Gasteiger partial charge in [0.1, 0.15) is 0 Å². The lowest BCUT2D eigenvalue weighted by Crippen LogP contribution is -2.35. The zero-order valence-electron chi connectivity index (χ0n) is 15.2. The molecule has 0 aromatic heterocycles. The molecule has 0 aliphatic carbocycles. The van der Waals surface area contributed by atoms with E-state index in [0.29, 0.717) is 13.2 Å². The summed E-state index contributed by atoms with van der Waals surface area (Å²) in [5.74, 6) is -0.267. The van der Waals surface area contributed by atoms with E-state index in [-0.39, 0.29) is 18.4 Å². The molecule has 0 saturated carbocycles. The van der Waals surface area contributed by atoms with Crippen LogP contribution in [0.1, 0.15) is 85.0 Å². The Bertz CT molecular complexity index is 307. The van der Waals surface area contributed by atoms with Crippen LogP contribution in [0.15, 0.2) is 0 Å². The molecule has 0 aliphatic rings. The minimum absolute atomic E-state index is 0.179. The van der Waals surface area contributed by atoms with Gasteiger partial charge in [-0.1, -0.05) is 58.8 Å². The molecular weight excluding hydrogens is 294 g/mol. The summed E-state index contributed by atoms with van der Waals surface area (Å²) in [5, 5.41) is 2.62. The van der Waals surface area contributed by atoms with Gasteiger partial charge >= 0.3 is 12.1 Å². The molecule has 1 atom stereocenters. The summed E-state index contributed by atoms with van der Waals surface area (Å²) < 4.78 is 10.1. The second kappa shape index (κ2) is 15.6. The maximum absolute atomic E-state index is 11.6. The lowest BCUT2D eigenvalue weighted by atomic mass is 10.1. The van der Waals surface area contributed by atoms with Crippen molar-refractivity contribution in [3.05, 3.63) is 0 Å². The first-order valence-electron chi connectivity index (χ1n) is 9.19. The van der Waals surface area contributed by atoms with Crippen molar-refractivity contribution >= 4 is 12.1 Å². The predicted molar refractivity (Wildman–Crippen MR) is 92.4 cm³/mol. The molecule has 0 aromatic rings. The Kier molecular flexibility index (Phi) is 14.8. The van der Waals surface area contributed by atoms with Crippen molar-refractivity contribution < 1.29 is 19.1 Å². The number of carbonyl (C=O) groups is 2. The van der Waals surface area contributed by atoms with Crippen LogP contribution < -0.4 is 5.32 Å². The summed E-state index contributed by atoms with van der Waals surface area (Å²) in [5.41, 5.74) is 0. The molecule has 5 heteroatoms. The smallest absolute Gasteiger partial charge is 0.407 e. The number of nitrogens with one attached hydrogen (secondary N) is 1. The molecule has 1 unspecified atom stereocenters. The highest BCUT2D eigenvalue weighted by Crippen LogP contribution is 2.08. The fourth-order valence-corrected chi connectivity index (χ4v) is 2.22. The first-order valence-corrected chi connectivity index (χ1v) is 9.19. The number of esters is 1. The number of amides is 1. The fourth-order valence-electron chi connectivity index (χ4n) is 2.22. The maximum atomic E-state index is 11.6. The predicted octanol–water partition coefficient (Wildman–Crippen LogP) is 4.59. The van der Waals surface area contributed by atoms with Crippen LogP contribution in [0, 0.1) is 0 Å². The summed E-state index contributed by atoms with van der Waals surface area (Å²) in [6, 6.07) is -0.273. The number of unbranched alkanes of at least 4 members (excludes halogenated alkanes) is 7. The van der Waals surface area contributed by atoms with Gasteiger partial charge in [-0.3, -0.25) is 4.79 Å². The Hall–Kier alpha value is -1.26. The number of rotatable bonds is 14. The van der Waals surface area contributed by atoms with Crippen LogP contribution in [0.4, 0.5) is 4.79 Å². The summed E-state index contributed by atoms with van der Waals surface area (Å²) in [4.78, 5) is 23.0. The Morgan fingerprint density at radius 1 is 0.826 bits per heavy atom. The molecule has 0 aromatic carbocycles. The largest absolute Gasteiger partial charge is 0.466 e. The van der Waals surface area contributed by atoms with Gasteiger partial charge in [0.05, 0.1) is 19.6 Å². The van der Waals surface area contributed by atoms with Crippen LogP contribution >= 0.6 is 0 Å². The molecule has 0 heterocycles. The topological polar surface area (TPSA) is 64.6 Å².